The van der Waals surface area contributed by atoms with Crippen LogP contribution in [0.5, 0.6) is 0 Å². The molecule has 1 aromatic rings. The molecular formula is C10H17F3N4S. The summed E-state index contributed by atoms with van der Waals surface area (Å²) in [6.07, 6.45) is 1.67. The van der Waals surface area contributed by atoms with E-state index in [4.69, 9.17) is 0 Å². The Labute approximate surface area is 108 Å². The molecule has 0 radical (unpaired) electrons. The lowest BCUT2D eigenvalue weighted by Crippen LogP contribution is -2.19. The van der Waals surface area contributed by atoms with Crippen molar-refractivity contribution in [3.05, 3.63) is 11.9 Å². The molecule has 0 aromatic carbocycles. The Balaban J connectivity index is 2.26. The van der Waals surface area contributed by atoms with Gasteiger partial charge in [-0.2, -0.15) is 13.2 Å². The minimum absolute atomic E-state index is 0.0448. The maximum absolute atomic E-state index is 11.9. The van der Waals surface area contributed by atoms with Crippen LogP contribution >= 0.6 is 11.8 Å². The zero-order chi connectivity index (χ0) is 13.6. The minimum Gasteiger partial charge on any atom is -0.311 e. The molecule has 1 rings (SSSR count). The first kappa shape index (κ1) is 15.3. The molecule has 104 valence electrons. The third-order valence-corrected chi connectivity index (χ3v) is 2.74. The fourth-order valence-corrected chi connectivity index (χ4v) is 1.78. The van der Waals surface area contributed by atoms with Gasteiger partial charge in [-0.1, -0.05) is 19.1 Å². The zero-order valence-electron chi connectivity index (χ0n) is 10.4. The molecule has 0 atom stereocenters. The van der Waals surface area contributed by atoms with Gasteiger partial charge in [0, 0.05) is 18.5 Å². The Hall–Kier alpha value is -0.760. The van der Waals surface area contributed by atoms with Gasteiger partial charge in [0.15, 0.2) is 0 Å². The van der Waals surface area contributed by atoms with Crippen LogP contribution in [0.2, 0.25) is 0 Å². The number of rotatable bonds is 7. The standard InChI is InChI=1S/C10H17F3N4S/c1-8(2)5-14-6-9-7-17(16-15-9)3-4-18-10(11,12)13/h7-8,14H,3-6H2,1-2H3. The van der Waals surface area contributed by atoms with E-state index in [9.17, 15) is 13.2 Å². The van der Waals surface area contributed by atoms with E-state index in [2.05, 4.69) is 29.5 Å². The largest absolute Gasteiger partial charge is 0.441 e. The Morgan fingerprint density at radius 2 is 2.17 bits per heavy atom. The molecule has 0 aliphatic rings. The molecular weight excluding hydrogens is 265 g/mol. The summed E-state index contributed by atoms with van der Waals surface area (Å²) in [5, 5.41) is 10.9. The van der Waals surface area contributed by atoms with Crippen molar-refractivity contribution in [2.75, 3.05) is 12.3 Å². The molecule has 0 spiro atoms. The third kappa shape index (κ3) is 6.85. The Morgan fingerprint density at radius 3 is 2.78 bits per heavy atom. The van der Waals surface area contributed by atoms with Crippen molar-refractivity contribution in [3.63, 3.8) is 0 Å². The first-order valence-electron chi connectivity index (χ1n) is 5.67. The van der Waals surface area contributed by atoms with Crippen molar-refractivity contribution in [1.82, 2.24) is 20.3 Å². The van der Waals surface area contributed by atoms with Gasteiger partial charge >= 0.3 is 5.51 Å². The Morgan fingerprint density at radius 1 is 1.44 bits per heavy atom. The molecule has 0 amide bonds. The highest BCUT2D eigenvalue weighted by molar-refractivity contribution is 8.00. The van der Waals surface area contributed by atoms with Gasteiger partial charge in [-0.3, -0.25) is 4.68 Å². The second-order valence-electron chi connectivity index (χ2n) is 4.29. The van der Waals surface area contributed by atoms with Crippen molar-refractivity contribution < 1.29 is 13.2 Å². The van der Waals surface area contributed by atoms with Gasteiger partial charge < -0.3 is 5.32 Å². The van der Waals surface area contributed by atoms with Crippen molar-refractivity contribution in [2.24, 2.45) is 5.92 Å². The summed E-state index contributed by atoms with van der Waals surface area (Å²) in [6.45, 7) is 5.86. The second-order valence-corrected chi connectivity index (χ2v) is 5.45. The number of thioether (sulfide) groups is 1. The number of nitrogens with zero attached hydrogens (tertiary/aromatic N) is 3. The SMILES string of the molecule is CC(C)CNCc1cn(CCSC(F)(F)F)nn1. The molecule has 4 nitrogen and oxygen atoms in total. The zero-order valence-corrected chi connectivity index (χ0v) is 11.2. The van der Waals surface area contributed by atoms with Gasteiger partial charge in [-0.05, 0) is 24.2 Å². The van der Waals surface area contributed by atoms with Gasteiger partial charge in [0.05, 0.1) is 12.2 Å². The van der Waals surface area contributed by atoms with E-state index in [1.165, 1.54) is 4.68 Å². The van der Waals surface area contributed by atoms with E-state index in [0.717, 1.165) is 12.2 Å². The number of aromatic nitrogens is 3. The topological polar surface area (TPSA) is 42.7 Å². The molecule has 0 unspecified atom stereocenters. The molecule has 0 saturated heterocycles. The van der Waals surface area contributed by atoms with Crippen LogP contribution in [0.15, 0.2) is 6.20 Å². The molecule has 1 aromatic heterocycles. The van der Waals surface area contributed by atoms with Crippen LogP contribution in [-0.2, 0) is 13.1 Å². The van der Waals surface area contributed by atoms with Gasteiger partial charge in [-0.15, -0.1) is 5.10 Å². The molecule has 1 N–H and O–H groups in total. The lowest BCUT2D eigenvalue weighted by atomic mass is 10.2. The number of nitrogens with one attached hydrogen (secondary N) is 1. The van der Waals surface area contributed by atoms with Crippen LogP contribution in [0, 0.1) is 5.92 Å². The third-order valence-electron chi connectivity index (χ3n) is 2.03. The van der Waals surface area contributed by atoms with E-state index >= 15 is 0 Å². The number of hydrogen-bond donors (Lipinski definition) is 1. The van der Waals surface area contributed by atoms with Crippen LogP contribution in [-0.4, -0.2) is 32.8 Å². The molecule has 0 aliphatic heterocycles. The summed E-state index contributed by atoms with van der Waals surface area (Å²) in [6, 6.07) is 0. The number of aryl methyl sites for hydroxylation is 1. The van der Waals surface area contributed by atoms with Crippen molar-refractivity contribution in [1.29, 1.82) is 0 Å². The summed E-state index contributed by atoms with van der Waals surface area (Å²) in [4.78, 5) is 0. The Bertz CT molecular complexity index is 351. The summed E-state index contributed by atoms with van der Waals surface area (Å²) in [5.74, 6) is 0.495. The molecule has 0 bridgehead atoms. The molecule has 0 saturated carbocycles. The van der Waals surface area contributed by atoms with Gasteiger partial charge in [0.25, 0.3) is 0 Å². The first-order chi connectivity index (χ1) is 8.37. The van der Waals surface area contributed by atoms with Crippen molar-refractivity contribution in [3.8, 4) is 0 Å². The van der Waals surface area contributed by atoms with Crippen LogP contribution in [0.3, 0.4) is 0 Å². The molecule has 0 fully saturated rings. The predicted octanol–water partition coefficient (Wildman–Crippen LogP) is 2.28. The first-order valence-corrected chi connectivity index (χ1v) is 6.66. The van der Waals surface area contributed by atoms with Crippen molar-refractivity contribution >= 4 is 11.8 Å². The summed E-state index contributed by atoms with van der Waals surface area (Å²) >= 11 is -0.0448. The number of halogens is 3. The van der Waals surface area contributed by atoms with Crippen molar-refractivity contribution in [2.45, 2.75) is 32.4 Å². The maximum atomic E-state index is 11.9. The average molecular weight is 282 g/mol. The van der Waals surface area contributed by atoms with Gasteiger partial charge in [0.1, 0.15) is 0 Å². The Kier molecular flexibility index (Phi) is 5.94. The number of alkyl halides is 3. The molecule has 18 heavy (non-hydrogen) atoms. The highest BCUT2D eigenvalue weighted by atomic mass is 32.2. The molecule has 1 heterocycles. The van der Waals surface area contributed by atoms with Gasteiger partial charge in [-0.25, -0.2) is 0 Å². The fraction of sp³-hybridized carbons (Fsp3) is 0.800. The lowest BCUT2D eigenvalue weighted by Gasteiger charge is -2.05. The predicted molar refractivity (Wildman–Crippen MR) is 65.1 cm³/mol. The fourth-order valence-electron chi connectivity index (χ4n) is 1.27. The van der Waals surface area contributed by atoms with E-state index in [0.29, 0.717) is 12.5 Å². The highest BCUT2D eigenvalue weighted by Crippen LogP contribution is 2.29. The molecule has 8 heteroatoms. The van der Waals surface area contributed by atoms with Crippen LogP contribution in [0.1, 0.15) is 19.5 Å². The van der Waals surface area contributed by atoms with E-state index in [-0.39, 0.29) is 24.1 Å². The van der Waals surface area contributed by atoms with Crippen LogP contribution in [0.25, 0.3) is 0 Å². The number of hydrogen-bond acceptors (Lipinski definition) is 4. The average Bonchev–Trinajstić information content (AvgIpc) is 2.63. The minimum atomic E-state index is -4.18. The second kappa shape index (κ2) is 6.98. The highest BCUT2D eigenvalue weighted by Gasteiger charge is 2.27. The summed E-state index contributed by atoms with van der Waals surface area (Å²) < 4.78 is 37.2. The van der Waals surface area contributed by atoms with Crippen LogP contribution in [0.4, 0.5) is 13.2 Å². The van der Waals surface area contributed by atoms with E-state index in [1.807, 2.05) is 0 Å². The molecule has 0 aliphatic carbocycles. The van der Waals surface area contributed by atoms with E-state index < -0.39 is 5.51 Å². The van der Waals surface area contributed by atoms with Gasteiger partial charge in [0.2, 0.25) is 0 Å². The quantitative estimate of drug-likeness (QED) is 0.833. The lowest BCUT2D eigenvalue weighted by molar-refractivity contribution is -0.0328. The maximum Gasteiger partial charge on any atom is 0.441 e. The normalized spacial score (nSPS) is 12.3. The summed E-state index contributed by atoms with van der Waals surface area (Å²) in [5.41, 5.74) is -3.44. The monoisotopic (exact) mass is 282 g/mol. The summed E-state index contributed by atoms with van der Waals surface area (Å²) in [7, 11) is 0. The van der Waals surface area contributed by atoms with Crippen LogP contribution < -0.4 is 5.32 Å². The van der Waals surface area contributed by atoms with E-state index in [1.54, 1.807) is 6.20 Å². The smallest absolute Gasteiger partial charge is 0.311 e.